The number of fused-ring (bicyclic) bond motifs is 1. The lowest BCUT2D eigenvalue weighted by atomic mass is 10.2. The monoisotopic (exact) mass is 344 g/mol. The zero-order valence-electron chi connectivity index (χ0n) is 13.9. The molecule has 0 radical (unpaired) electrons. The summed E-state index contributed by atoms with van der Waals surface area (Å²) in [7, 11) is 0. The molecule has 7 heteroatoms. The van der Waals surface area contributed by atoms with Gasteiger partial charge in [-0.25, -0.2) is 4.98 Å². The van der Waals surface area contributed by atoms with E-state index in [9.17, 15) is 4.79 Å². The third-order valence-electron chi connectivity index (χ3n) is 4.37. The molecule has 25 heavy (non-hydrogen) atoms. The van der Waals surface area contributed by atoms with Crippen LogP contribution in [0.3, 0.4) is 0 Å². The van der Waals surface area contributed by atoms with Gasteiger partial charge in [-0.05, 0) is 25.0 Å². The van der Waals surface area contributed by atoms with Gasteiger partial charge in [0, 0.05) is 19.2 Å². The van der Waals surface area contributed by atoms with E-state index in [0.29, 0.717) is 28.8 Å². The Morgan fingerprint density at radius 1 is 1.12 bits per heavy atom. The fourth-order valence-electron chi connectivity index (χ4n) is 3.02. The molecule has 0 N–H and O–H groups in total. The van der Waals surface area contributed by atoms with Crippen molar-refractivity contribution in [3.63, 3.8) is 0 Å². The molecule has 0 saturated carbocycles. The number of hydrogen-bond acceptors (Lipinski definition) is 6. The van der Waals surface area contributed by atoms with Gasteiger partial charge < -0.3 is 23.5 Å². The van der Waals surface area contributed by atoms with E-state index in [1.807, 2.05) is 4.90 Å². The summed E-state index contributed by atoms with van der Waals surface area (Å²) in [6.07, 6.45) is 5.85. The van der Waals surface area contributed by atoms with E-state index in [0.717, 1.165) is 25.9 Å². The smallest absolute Gasteiger partial charge is 0.275 e. The third kappa shape index (κ3) is 3.55. The van der Waals surface area contributed by atoms with Crippen molar-refractivity contribution in [3.05, 3.63) is 36.0 Å². The molecule has 0 unspecified atom stereocenters. The molecule has 2 aromatic rings. The van der Waals surface area contributed by atoms with Crippen LogP contribution >= 0.6 is 0 Å². The van der Waals surface area contributed by atoms with Crippen LogP contribution in [0.4, 0.5) is 0 Å². The van der Waals surface area contributed by atoms with Gasteiger partial charge in [0.2, 0.25) is 12.7 Å². The SMILES string of the molecule is O=C(c1coc(COc2ccc3c(c2)OCO3)n1)N1CCCCCC1. The summed E-state index contributed by atoms with van der Waals surface area (Å²) >= 11 is 0. The normalized spacial score (nSPS) is 16.6. The molecule has 2 aliphatic rings. The Morgan fingerprint density at radius 2 is 1.92 bits per heavy atom. The second kappa shape index (κ2) is 7.04. The van der Waals surface area contributed by atoms with Crippen molar-refractivity contribution < 1.29 is 23.4 Å². The van der Waals surface area contributed by atoms with Gasteiger partial charge in [0.15, 0.2) is 23.8 Å². The Kier molecular flexibility index (Phi) is 4.45. The summed E-state index contributed by atoms with van der Waals surface area (Å²) in [5.41, 5.74) is 0.339. The van der Waals surface area contributed by atoms with Crippen LogP contribution in [0.15, 0.2) is 28.9 Å². The van der Waals surface area contributed by atoms with Crippen molar-refractivity contribution in [1.29, 1.82) is 0 Å². The molecule has 0 aliphatic carbocycles. The van der Waals surface area contributed by atoms with Crippen molar-refractivity contribution in [2.75, 3.05) is 19.9 Å². The number of hydrogen-bond donors (Lipinski definition) is 0. The summed E-state index contributed by atoms with van der Waals surface area (Å²) in [6.45, 7) is 1.94. The minimum absolute atomic E-state index is 0.0695. The second-order valence-corrected chi connectivity index (χ2v) is 6.14. The third-order valence-corrected chi connectivity index (χ3v) is 4.37. The van der Waals surface area contributed by atoms with E-state index in [4.69, 9.17) is 18.6 Å². The maximum absolute atomic E-state index is 12.5. The number of carbonyl (C=O) groups excluding carboxylic acids is 1. The van der Waals surface area contributed by atoms with Gasteiger partial charge in [-0.2, -0.15) is 0 Å². The van der Waals surface area contributed by atoms with E-state index in [1.165, 1.54) is 19.1 Å². The van der Waals surface area contributed by atoms with Crippen molar-refractivity contribution >= 4 is 5.91 Å². The molecule has 0 bridgehead atoms. The number of carbonyl (C=O) groups is 1. The maximum atomic E-state index is 12.5. The first-order chi connectivity index (χ1) is 12.3. The predicted octanol–water partition coefficient (Wildman–Crippen LogP) is 3.00. The number of oxazole rings is 1. The van der Waals surface area contributed by atoms with Crippen molar-refractivity contribution in [1.82, 2.24) is 9.88 Å². The Labute approximate surface area is 145 Å². The lowest BCUT2D eigenvalue weighted by Crippen LogP contribution is -2.32. The zero-order chi connectivity index (χ0) is 17.1. The van der Waals surface area contributed by atoms with Crippen molar-refractivity contribution in [3.8, 4) is 17.2 Å². The molecular formula is C18H20N2O5. The standard InChI is InChI=1S/C18H20N2O5/c21-18(20-7-3-1-2-4-8-20)14-10-23-17(19-14)11-22-13-5-6-15-16(9-13)25-12-24-15/h5-6,9-10H,1-4,7-8,11-12H2. The average molecular weight is 344 g/mol. The molecule has 1 aromatic heterocycles. The Hall–Kier alpha value is -2.70. The molecule has 2 aliphatic heterocycles. The van der Waals surface area contributed by atoms with Gasteiger partial charge in [-0.3, -0.25) is 4.79 Å². The van der Waals surface area contributed by atoms with Crippen LogP contribution in [0.1, 0.15) is 42.1 Å². The number of ether oxygens (including phenoxy) is 3. The average Bonchev–Trinajstić information content (AvgIpc) is 3.21. The summed E-state index contributed by atoms with van der Waals surface area (Å²) in [4.78, 5) is 18.6. The van der Waals surface area contributed by atoms with E-state index in [2.05, 4.69) is 4.98 Å². The first kappa shape index (κ1) is 15.8. The van der Waals surface area contributed by atoms with Crippen molar-refractivity contribution in [2.24, 2.45) is 0 Å². The lowest BCUT2D eigenvalue weighted by molar-refractivity contribution is 0.0755. The number of aromatic nitrogens is 1. The minimum Gasteiger partial charge on any atom is -0.484 e. The van der Waals surface area contributed by atoms with Gasteiger partial charge in [0.25, 0.3) is 5.91 Å². The van der Waals surface area contributed by atoms with Gasteiger partial charge >= 0.3 is 0 Å². The first-order valence-electron chi connectivity index (χ1n) is 8.56. The van der Waals surface area contributed by atoms with Crippen LogP contribution in [0.2, 0.25) is 0 Å². The fourth-order valence-corrected chi connectivity index (χ4v) is 3.02. The van der Waals surface area contributed by atoms with E-state index in [1.54, 1.807) is 18.2 Å². The van der Waals surface area contributed by atoms with E-state index in [-0.39, 0.29) is 19.3 Å². The Bertz CT molecular complexity index is 750. The summed E-state index contributed by atoms with van der Waals surface area (Å²) in [5.74, 6) is 2.29. The molecule has 132 valence electrons. The highest BCUT2D eigenvalue weighted by Crippen LogP contribution is 2.35. The number of likely N-dealkylation sites (tertiary alicyclic amines) is 1. The van der Waals surface area contributed by atoms with Gasteiger partial charge in [0.1, 0.15) is 12.0 Å². The number of amides is 1. The number of nitrogens with zero attached hydrogens (tertiary/aromatic N) is 2. The first-order valence-corrected chi connectivity index (χ1v) is 8.56. The summed E-state index contributed by atoms with van der Waals surface area (Å²) in [5, 5.41) is 0. The van der Waals surface area contributed by atoms with E-state index >= 15 is 0 Å². The quantitative estimate of drug-likeness (QED) is 0.849. The minimum atomic E-state index is -0.0695. The maximum Gasteiger partial charge on any atom is 0.275 e. The highest BCUT2D eigenvalue weighted by Gasteiger charge is 2.21. The van der Waals surface area contributed by atoms with Crippen LogP contribution in [0.25, 0.3) is 0 Å². The summed E-state index contributed by atoms with van der Waals surface area (Å²) < 4.78 is 21.6. The summed E-state index contributed by atoms with van der Waals surface area (Å²) in [6, 6.07) is 5.34. The number of rotatable bonds is 4. The Balaban J connectivity index is 1.37. The molecule has 1 aromatic carbocycles. The van der Waals surface area contributed by atoms with Gasteiger partial charge in [0.05, 0.1) is 0 Å². The molecule has 4 rings (SSSR count). The molecule has 1 amide bonds. The highest BCUT2D eigenvalue weighted by molar-refractivity contribution is 5.92. The van der Waals surface area contributed by atoms with Crippen LogP contribution in [-0.2, 0) is 6.61 Å². The Morgan fingerprint density at radius 3 is 2.76 bits per heavy atom. The molecule has 3 heterocycles. The molecule has 0 atom stereocenters. The van der Waals surface area contributed by atoms with E-state index < -0.39 is 0 Å². The van der Waals surface area contributed by atoms with Gasteiger partial charge in [-0.15, -0.1) is 0 Å². The van der Waals surface area contributed by atoms with Gasteiger partial charge in [-0.1, -0.05) is 12.8 Å². The largest absolute Gasteiger partial charge is 0.484 e. The molecule has 0 spiro atoms. The fraction of sp³-hybridized carbons (Fsp3) is 0.444. The van der Waals surface area contributed by atoms with Crippen LogP contribution in [-0.4, -0.2) is 35.7 Å². The molecular weight excluding hydrogens is 324 g/mol. The van der Waals surface area contributed by atoms with Crippen molar-refractivity contribution in [2.45, 2.75) is 32.3 Å². The second-order valence-electron chi connectivity index (χ2n) is 6.14. The molecule has 7 nitrogen and oxygen atoms in total. The predicted molar refractivity (Wildman–Crippen MR) is 87.8 cm³/mol. The zero-order valence-corrected chi connectivity index (χ0v) is 13.9. The van der Waals surface area contributed by atoms with Crippen LogP contribution < -0.4 is 14.2 Å². The van der Waals surface area contributed by atoms with Crippen LogP contribution in [0, 0.1) is 0 Å². The topological polar surface area (TPSA) is 74.0 Å². The molecule has 1 fully saturated rings. The van der Waals surface area contributed by atoms with Crippen LogP contribution in [0.5, 0.6) is 17.2 Å². The molecule has 1 saturated heterocycles. The lowest BCUT2D eigenvalue weighted by Gasteiger charge is -2.18. The highest BCUT2D eigenvalue weighted by atomic mass is 16.7. The number of benzene rings is 1.